The normalized spacial score (nSPS) is 14.8. The number of oxazole rings is 1. The van der Waals surface area contributed by atoms with E-state index in [1.807, 2.05) is 30.3 Å². The Morgan fingerprint density at radius 2 is 1.69 bits per heavy atom. The summed E-state index contributed by atoms with van der Waals surface area (Å²) < 4.78 is 41.6. The van der Waals surface area contributed by atoms with Gasteiger partial charge in [0.15, 0.2) is 11.6 Å². The van der Waals surface area contributed by atoms with Crippen LogP contribution in [0.2, 0.25) is 0 Å². The lowest BCUT2D eigenvalue weighted by Gasteiger charge is -2.26. The van der Waals surface area contributed by atoms with Crippen molar-refractivity contribution < 1.29 is 17.9 Å². The molecule has 0 bridgehead atoms. The molecule has 0 amide bonds. The molecule has 0 radical (unpaired) electrons. The van der Waals surface area contributed by atoms with Crippen molar-refractivity contribution in [2.24, 2.45) is 0 Å². The molecule has 0 N–H and O–H groups in total. The summed E-state index contributed by atoms with van der Waals surface area (Å²) in [5.74, 6) is 0.0800. The maximum atomic E-state index is 15.1. The molecule has 1 saturated carbocycles. The molecule has 4 aromatic rings. The molecule has 0 aliphatic heterocycles. The van der Waals surface area contributed by atoms with Crippen LogP contribution in [0.1, 0.15) is 48.4 Å². The van der Waals surface area contributed by atoms with Crippen molar-refractivity contribution in [2.75, 3.05) is 0 Å². The van der Waals surface area contributed by atoms with Crippen molar-refractivity contribution in [1.29, 1.82) is 0 Å². The number of ether oxygens (including phenoxy) is 1. The van der Waals surface area contributed by atoms with E-state index in [-0.39, 0.29) is 17.8 Å². The predicted molar refractivity (Wildman–Crippen MR) is 132 cm³/mol. The second kappa shape index (κ2) is 10.2. The molecule has 1 heterocycles. The van der Waals surface area contributed by atoms with Crippen molar-refractivity contribution in [3.8, 4) is 16.9 Å². The highest BCUT2D eigenvalue weighted by molar-refractivity contribution is 6.16. The topological polar surface area (TPSA) is 35.3 Å². The molecule has 5 rings (SSSR count). The van der Waals surface area contributed by atoms with Crippen LogP contribution in [-0.4, -0.2) is 4.98 Å². The standard InChI is InChI=1S/C29H26ClF2NO2/c30-17-22-19-35-28(33-22)29(13-4-5-14-29)16-21-11-12-25(31)24(15-21)23-9-6-10-26(32)27(23)34-18-20-7-2-1-3-8-20/h1-3,6-12,15,19H,4-5,13-14,16-18H2. The molecule has 3 aromatic carbocycles. The van der Waals surface area contributed by atoms with E-state index in [2.05, 4.69) is 4.98 Å². The lowest BCUT2D eigenvalue weighted by molar-refractivity contribution is 0.291. The molecule has 6 heteroatoms. The van der Waals surface area contributed by atoms with Gasteiger partial charge in [0.2, 0.25) is 5.89 Å². The lowest BCUT2D eigenvalue weighted by Crippen LogP contribution is -2.25. The summed E-state index contributed by atoms with van der Waals surface area (Å²) in [7, 11) is 0. The predicted octanol–water partition coefficient (Wildman–Crippen LogP) is 7.99. The van der Waals surface area contributed by atoms with E-state index in [1.165, 1.54) is 12.1 Å². The van der Waals surface area contributed by atoms with Gasteiger partial charge in [-0.1, -0.05) is 61.4 Å². The number of aromatic nitrogens is 1. The summed E-state index contributed by atoms with van der Waals surface area (Å²) in [6.45, 7) is 0.187. The van der Waals surface area contributed by atoms with Gasteiger partial charge in [0.25, 0.3) is 0 Å². The highest BCUT2D eigenvalue weighted by atomic mass is 35.5. The fourth-order valence-corrected chi connectivity index (χ4v) is 5.13. The number of alkyl halides is 1. The summed E-state index contributed by atoms with van der Waals surface area (Å²) in [5.41, 5.74) is 3.00. The molecular weight excluding hydrogens is 468 g/mol. The van der Waals surface area contributed by atoms with E-state index in [9.17, 15) is 4.39 Å². The van der Waals surface area contributed by atoms with Gasteiger partial charge in [-0.05, 0) is 48.6 Å². The molecule has 1 aliphatic carbocycles. The molecule has 0 spiro atoms. The second-order valence-electron chi connectivity index (χ2n) is 9.15. The summed E-state index contributed by atoms with van der Waals surface area (Å²) in [6, 6.07) is 19.1. The van der Waals surface area contributed by atoms with Gasteiger partial charge in [-0.25, -0.2) is 13.8 Å². The van der Waals surface area contributed by atoms with E-state index < -0.39 is 11.6 Å². The van der Waals surface area contributed by atoms with Crippen molar-refractivity contribution >= 4 is 11.6 Å². The number of halogens is 3. The van der Waals surface area contributed by atoms with Crippen LogP contribution in [0.5, 0.6) is 5.75 Å². The van der Waals surface area contributed by atoms with E-state index in [0.29, 0.717) is 35.0 Å². The van der Waals surface area contributed by atoms with E-state index in [4.69, 9.17) is 20.8 Å². The maximum absolute atomic E-state index is 15.1. The lowest BCUT2D eigenvalue weighted by atomic mass is 9.79. The molecule has 3 nitrogen and oxygen atoms in total. The van der Waals surface area contributed by atoms with Gasteiger partial charge in [-0.2, -0.15) is 0 Å². The van der Waals surface area contributed by atoms with Crippen molar-refractivity contribution in [2.45, 2.75) is 50.0 Å². The number of para-hydroxylation sites is 1. The van der Waals surface area contributed by atoms with Crippen LogP contribution in [0.25, 0.3) is 11.1 Å². The molecule has 1 aliphatic rings. The van der Waals surface area contributed by atoms with Gasteiger partial charge in [0.1, 0.15) is 18.7 Å². The van der Waals surface area contributed by atoms with Gasteiger partial charge < -0.3 is 9.15 Å². The summed E-state index contributed by atoms with van der Waals surface area (Å²) in [6.07, 6.45) is 6.29. The Bertz CT molecular complexity index is 1300. The maximum Gasteiger partial charge on any atom is 0.200 e. The molecule has 0 unspecified atom stereocenters. The minimum atomic E-state index is -0.524. The first-order valence-corrected chi connectivity index (χ1v) is 12.4. The smallest absolute Gasteiger partial charge is 0.200 e. The van der Waals surface area contributed by atoms with Crippen LogP contribution in [0, 0.1) is 11.6 Å². The first-order valence-electron chi connectivity index (χ1n) is 11.8. The first kappa shape index (κ1) is 23.6. The van der Waals surface area contributed by atoms with Crippen LogP contribution < -0.4 is 4.74 Å². The Hall–Kier alpha value is -3.18. The third-order valence-corrected chi connectivity index (χ3v) is 7.03. The number of hydrogen-bond donors (Lipinski definition) is 0. The molecular formula is C29H26ClF2NO2. The third kappa shape index (κ3) is 4.96. The largest absolute Gasteiger partial charge is 0.485 e. The Morgan fingerprint density at radius 3 is 2.43 bits per heavy atom. The average Bonchev–Trinajstić information content (AvgIpc) is 3.56. The van der Waals surface area contributed by atoms with Crippen LogP contribution in [0.3, 0.4) is 0 Å². The van der Waals surface area contributed by atoms with E-state index >= 15 is 4.39 Å². The molecule has 0 saturated heterocycles. The van der Waals surface area contributed by atoms with Crippen LogP contribution in [0.4, 0.5) is 8.78 Å². The summed E-state index contributed by atoms with van der Waals surface area (Å²) in [5, 5.41) is 0. The number of hydrogen-bond acceptors (Lipinski definition) is 3. The zero-order valence-electron chi connectivity index (χ0n) is 19.3. The Balaban J connectivity index is 1.47. The summed E-state index contributed by atoms with van der Waals surface area (Å²) >= 11 is 5.94. The summed E-state index contributed by atoms with van der Waals surface area (Å²) in [4.78, 5) is 4.61. The zero-order valence-corrected chi connectivity index (χ0v) is 20.0. The van der Waals surface area contributed by atoms with E-state index in [1.54, 1.807) is 30.5 Å². The fraction of sp³-hybridized carbons (Fsp3) is 0.276. The monoisotopic (exact) mass is 493 g/mol. The molecule has 180 valence electrons. The molecule has 1 aromatic heterocycles. The van der Waals surface area contributed by atoms with Crippen molar-refractivity contribution in [3.05, 3.63) is 107 Å². The second-order valence-corrected chi connectivity index (χ2v) is 9.41. The Labute approximate surface area is 208 Å². The van der Waals surface area contributed by atoms with Gasteiger partial charge in [0.05, 0.1) is 17.0 Å². The number of rotatable bonds is 8. The third-order valence-electron chi connectivity index (χ3n) is 6.76. The van der Waals surface area contributed by atoms with Crippen molar-refractivity contribution in [1.82, 2.24) is 4.98 Å². The van der Waals surface area contributed by atoms with Gasteiger partial charge in [0, 0.05) is 11.1 Å². The van der Waals surface area contributed by atoms with Gasteiger partial charge >= 0.3 is 0 Å². The van der Waals surface area contributed by atoms with E-state index in [0.717, 1.165) is 36.8 Å². The average molecular weight is 494 g/mol. The highest BCUT2D eigenvalue weighted by Crippen LogP contribution is 2.44. The molecule has 35 heavy (non-hydrogen) atoms. The van der Waals surface area contributed by atoms with Crippen LogP contribution in [0.15, 0.2) is 77.4 Å². The van der Waals surface area contributed by atoms with Crippen LogP contribution >= 0.6 is 11.6 Å². The minimum absolute atomic E-state index is 0.0439. The van der Waals surface area contributed by atoms with Gasteiger partial charge in [-0.3, -0.25) is 0 Å². The van der Waals surface area contributed by atoms with Crippen molar-refractivity contribution in [3.63, 3.8) is 0 Å². The van der Waals surface area contributed by atoms with Crippen LogP contribution in [-0.2, 0) is 24.3 Å². The first-order chi connectivity index (χ1) is 17.1. The number of nitrogens with zero attached hydrogens (tertiary/aromatic N) is 1. The fourth-order valence-electron chi connectivity index (χ4n) is 5.01. The zero-order chi connectivity index (χ0) is 24.3. The molecule has 0 atom stereocenters. The quantitative estimate of drug-likeness (QED) is 0.233. The SMILES string of the molecule is Fc1ccc(CC2(c3nc(CCl)co3)CCCC2)cc1-c1cccc(F)c1OCc1ccccc1. The van der Waals surface area contributed by atoms with Gasteiger partial charge in [-0.15, -0.1) is 11.6 Å². The number of benzene rings is 3. The molecule has 1 fully saturated rings. The highest BCUT2D eigenvalue weighted by Gasteiger charge is 2.40. The Morgan fingerprint density at radius 1 is 0.886 bits per heavy atom. The minimum Gasteiger partial charge on any atom is -0.485 e. The Kier molecular flexibility index (Phi) is 6.87.